The minimum atomic E-state index is -3.98. The molecule has 1 saturated carbocycles. The molecule has 10 heteroatoms. The lowest BCUT2D eigenvalue weighted by Crippen LogP contribution is -2.31. The third-order valence-electron chi connectivity index (χ3n) is 5.50. The largest absolute Gasteiger partial charge is 0.490 e. The van der Waals surface area contributed by atoms with Crippen LogP contribution >= 0.6 is 0 Å². The molecule has 9 nitrogen and oxygen atoms in total. The van der Waals surface area contributed by atoms with Gasteiger partial charge >= 0.3 is 5.97 Å². The van der Waals surface area contributed by atoms with Crippen LogP contribution in [0.3, 0.4) is 0 Å². The highest BCUT2D eigenvalue weighted by atomic mass is 32.2. The average molecular weight is 463 g/mol. The predicted octanol–water partition coefficient (Wildman–Crippen LogP) is 2.31. The van der Waals surface area contributed by atoms with Gasteiger partial charge in [-0.1, -0.05) is 0 Å². The number of ketones is 1. The summed E-state index contributed by atoms with van der Waals surface area (Å²) in [4.78, 5) is 24.5. The zero-order chi connectivity index (χ0) is 22.9. The molecule has 0 spiro atoms. The van der Waals surface area contributed by atoms with E-state index in [0.29, 0.717) is 42.7 Å². The van der Waals surface area contributed by atoms with Crippen LogP contribution in [0.15, 0.2) is 29.2 Å². The van der Waals surface area contributed by atoms with Crippen LogP contribution in [-0.4, -0.2) is 51.1 Å². The molecule has 32 heavy (non-hydrogen) atoms. The fourth-order valence-electron chi connectivity index (χ4n) is 3.78. The molecule has 0 saturated heterocycles. The number of nitrogens with one attached hydrogen (secondary N) is 1. The first-order chi connectivity index (χ1) is 15.3. The third-order valence-corrected chi connectivity index (χ3v) is 6.90. The smallest absolute Gasteiger partial charge is 0.321 e. The molecule has 2 heterocycles. The molecular formula is C22H26N2O7S. The normalized spacial score (nSPS) is 15.8. The van der Waals surface area contributed by atoms with Gasteiger partial charge in [-0.25, -0.2) is 8.42 Å². The summed E-state index contributed by atoms with van der Waals surface area (Å²) >= 11 is 0. The number of carbonyl (C=O) groups excluding carboxylic acids is 2. The van der Waals surface area contributed by atoms with Crippen molar-refractivity contribution in [2.75, 3.05) is 26.4 Å². The highest BCUT2D eigenvalue weighted by molar-refractivity contribution is 7.89. The van der Waals surface area contributed by atoms with Crippen LogP contribution < -0.4 is 14.2 Å². The molecule has 1 aromatic carbocycles. The van der Waals surface area contributed by atoms with E-state index >= 15 is 0 Å². The number of hydrogen-bond acceptors (Lipinski definition) is 7. The Labute approximate surface area is 186 Å². The summed E-state index contributed by atoms with van der Waals surface area (Å²) in [5.41, 5.74) is 2.39. The lowest BCUT2D eigenvalue weighted by atomic mass is 10.1. The van der Waals surface area contributed by atoms with E-state index in [4.69, 9.17) is 14.2 Å². The van der Waals surface area contributed by atoms with Crippen LogP contribution in [-0.2, 0) is 19.6 Å². The molecule has 2 aromatic rings. The van der Waals surface area contributed by atoms with Gasteiger partial charge in [0.25, 0.3) is 0 Å². The summed E-state index contributed by atoms with van der Waals surface area (Å²) < 4.78 is 45.4. The Morgan fingerprint density at radius 1 is 1.12 bits per heavy atom. The molecule has 1 aromatic heterocycles. The molecule has 2 aliphatic rings. The maximum Gasteiger partial charge on any atom is 0.321 e. The fraction of sp³-hybridized carbons (Fsp3) is 0.455. The number of aromatic nitrogens is 1. The molecule has 1 aliphatic carbocycles. The van der Waals surface area contributed by atoms with Crippen LogP contribution in [0, 0.1) is 13.8 Å². The predicted molar refractivity (Wildman–Crippen MR) is 115 cm³/mol. The van der Waals surface area contributed by atoms with Gasteiger partial charge in [0.2, 0.25) is 15.8 Å². The Morgan fingerprint density at radius 2 is 1.84 bits per heavy atom. The molecule has 1 N–H and O–H groups in total. The van der Waals surface area contributed by atoms with Gasteiger partial charge in [-0.3, -0.25) is 9.59 Å². The van der Waals surface area contributed by atoms with E-state index in [2.05, 4.69) is 9.29 Å². The number of benzene rings is 1. The molecule has 4 rings (SSSR count). The monoisotopic (exact) mass is 462 g/mol. The summed E-state index contributed by atoms with van der Waals surface area (Å²) in [6.07, 6.45) is 2.90. The Bertz CT molecular complexity index is 1150. The van der Waals surface area contributed by atoms with Crippen molar-refractivity contribution in [1.29, 1.82) is 0 Å². The number of rotatable bonds is 8. The van der Waals surface area contributed by atoms with Crippen LogP contribution in [0.2, 0.25) is 0 Å². The number of carbonyl (C=O) groups is 2. The molecule has 0 radical (unpaired) electrons. The average Bonchev–Trinajstić information content (AvgIpc) is 3.57. The molecule has 1 aliphatic heterocycles. The molecule has 172 valence electrons. The summed E-state index contributed by atoms with van der Waals surface area (Å²) in [6, 6.07) is 6.49. The zero-order valence-corrected chi connectivity index (χ0v) is 18.9. The van der Waals surface area contributed by atoms with E-state index in [1.54, 1.807) is 6.07 Å². The quantitative estimate of drug-likeness (QED) is 0.473. The molecule has 1 fully saturated rings. The second-order valence-electron chi connectivity index (χ2n) is 7.95. The van der Waals surface area contributed by atoms with Crippen LogP contribution in [0.5, 0.6) is 11.5 Å². The molecule has 0 amide bonds. The zero-order valence-electron chi connectivity index (χ0n) is 18.0. The van der Waals surface area contributed by atoms with Crippen molar-refractivity contribution >= 4 is 21.8 Å². The van der Waals surface area contributed by atoms with Crippen molar-refractivity contribution in [2.45, 2.75) is 44.0 Å². The maximum atomic E-state index is 12.5. The van der Waals surface area contributed by atoms with Crippen LogP contribution in [0.25, 0.3) is 0 Å². The van der Waals surface area contributed by atoms with Crippen molar-refractivity contribution < 1.29 is 32.2 Å². The van der Waals surface area contributed by atoms with E-state index in [9.17, 15) is 18.0 Å². The number of fused-ring (bicyclic) bond motifs is 1. The number of ether oxygens (including phenoxy) is 3. The summed E-state index contributed by atoms with van der Waals surface area (Å²) in [5.74, 6) is -0.348. The van der Waals surface area contributed by atoms with Crippen molar-refractivity contribution in [3.05, 3.63) is 41.2 Å². The van der Waals surface area contributed by atoms with E-state index in [1.807, 2.05) is 13.8 Å². The SMILES string of the molecule is Cc1cc(C(=O)COC(=O)CNS(=O)(=O)c2ccc3c(c2)OCCCO3)c(C)n1C1CC1. The van der Waals surface area contributed by atoms with Gasteiger partial charge in [0.05, 0.1) is 18.1 Å². The van der Waals surface area contributed by atoms with Crippen molar-refractivity contribution in [2.24, 2.45) is 0 Å². The summed E-state index contributed by atoms with van der Waals surface area (Å²) in [6.45, 7) is 3.71. The number of aryl methyl sites for hydroxylation is 1. The van der Waals surface area contributed by atoms with Crippen molar-refractivity contribution in [3.63, 3.8) is 0 Å². The van der Waals surface area contributed by atoms with E-state index in [-0.39, 0.29) is 10.7 Å². The van der Waals surface area contributed by atoms with Gasteiger partial charge in [0.1, 0.15) is 6.54 Å². The van der Waals surface area contributed by atoms with E-state index in [0.717, 1.165) is 24.2 Å². The maximum absolute atomic E-state index is 12.5. The Kier molecular flexibility index (Phi) is 6.25. The number of sulfonamides is 1. The van der Waals surface area contributed by atoms with Crippen molar-refractivity contribution in [3.8, 4) is 11.5 Å². The minimum Gasteiger partial charge on any atom is -0.490 e. The van der Waals surface area contributed by atoms with E-state index in [1.165, 1.54) is 18.2 Å². The minimum absolute atomic E-state index is 0.0573. The Morgan fingerprint density at radius 3 is 2.56 bits per heavy atom. The molecule has 0 unspecified atom stereocenters. The van der Waals surface area contributed by atoms with Crippen LogP contribution in [0.1, 0.15) is 47.1 Å². The van der Waals surface area contributed by atoms with Crippen molar-refractivity contribution in [1.82, 2.24) is 9.29 Å². The van der Waals surface area contributed by atoms with Gasteiger partial charge in [0, 0.05) is 35.5 Å². The fourth-order valence-corrected chi connectivity index (χ4v) is 4.76. The lowest BCUT2D eigenvalue weighted by Gasteiger charge is -2.11. The topological polar surface area (TPSA) is 113 Å². The number of hydrogen-bond donors (Lipinski definition) is 1. The second kappa shape index (κ2) is 8.95. The number of Topliss-reactive ketones (excluding diaryl/α,β-unsaturated/α-hetero) is 1. The van der Waals surface area contributed by atoms with Gasteiger partial charge < -0.3 is 18.8 Å². The molecular weight excluding hydrogens is 436 g/mol. The Hall–Kier alpha value is -2.85. The molecule has 0 atom stereocenters. The first-order valence-electron chi connectivity index (χ1n) is 10.5. The lowest BCUT2D eigenvalue weighted by molar-refractivity contribution is -0.141. The molecule has 0 bridgehead atoms. The van der Waals surface area contributed by atoms with Gasteiger partial charge in [-0.05, 0) is 44.9 Å². The number of nitrogens with zero attached hydrogens (tertiary/aromatic N) is 1. The van der Waals surface area contributed by atoms with Gasteiger partial charge in [-0.15, -0.1) is 0 Å². The van der Waals surface area contributed by atoms with Gasteiger partial charge in [0.15, 0.2) is 18.1 Å². The first-order valence-corrected chi connectivity index (χ1v) is 12.0. The standard InChI is InChI=1S/C22H26N2O7S/c1-14-10-18(15(2)24(14)16-4-5-16)19(25)13-31-22(26)12-23-32(27,28)17-6-7-20-21(11-17)30-9-3-8-29-20/h6-7,10-11,16,23H,3-5,8-9,12-13H2,1-2H3. The highest BCUT2D eigenvalue weighted by Gasteiger charge is 2.28. The highest BCUT2D eigenvalue weighted by Crippen LogP contribution is 2.38. The first kappa shape index (κ1) is 22.3. The summed E-state index contributed by atoms with van der Waals surface area (Å²) in [5, 5.41) is 0. The van der Waals surface area contributed by atoms with Crippen LogP contribution in [0.4, 0.5) is 0 Å². The van der Waals surface area contributed by atoms with E-state index < -0.39 is 29.1 Å². The summed E-state index contributed by atoms with van der Waals surface area (Å²) in [7, 11) is -3.98. The number of esters is 1. The third kappa shape index (κ3) is 4.81. The van der Waals surface area contributed by atoms with Gasteiger partial charge in [-0.2, -0.15) is 4.72 Å². The second-order valence-corrected chi connectivity index (χ2v) is 9.72. The Balaban J connectivity index is 1.32.